The van der Waals surface area contributed by atoms with Crippen molar-refractivity contribution in [1.82, 2.24) is 9.97 Å². The number of benzene rings is 1. The van der Waals surface area contributed by atoms with Crippen molar-refractivity contribution in [2.75, 3.05) is 11.9 Å². The van der Waals surface area contributed by atoms with Crippen molar-refractivity contribution in [2.45, 2.75) is 39.0 Å². The van der Waals surface area contributed by atoms with E-state index in [9.17, 15) is 9.90 Å². The topological polar surface area (TPSA) is 75.1 Å². The highest BCUT2D eigenvalue weighted by atomic mass is 35.5. The predicted octanol–water partition coefficient (Wildman–Crippen LogP) is 4.04. The maximum Gasteiger partial charge on any atom is 0.374 e. The molecule has 1 aliphatic carbocycles. The highest BCUT2D eigenvalue weighted by Gasteiger charge is 2.31. The van der Waals surface area contributed by atoms with Crippen molar-refractivity contribution in [1.29, 1.82) is 0 Å². The lowest BCUT2D eigenvalue weighted by Crippen LogP contribution is -2.14. The molecule has 6 heteroatoms. The van der Waals surface area contributed by atoms with E-state index in [0.717, 1.165) is 35.2 Å². The number of nitrogens with zero attached hydrogens (tertiary/aromatic N) is 2. The van der Waals surface area contributed by atoms with E-state index in [2.05, 4.69) is 15.3 Å². The number of aryl methyl sites for hydroxylation is 1. The zero-order valence-electron chi connectivity index (χ0n) is 13.8. The monoisotopic (exact) mass is 345 g/mol. The molecule has 1 aromatic carbocycles. The van der Waals surface area contributed by atoms with Gasteiger partial charge in [0.1, 0.15) is 5.82 Å². The third-order valence-corrected chi connectivity index (χ3v) is 4.47. The van der Waals surface area contributed by atoms with E-state index in [0.29, 0.717) is 29.7 Å². The number of aromatic nitrogens is 2. The zero-order chi connectivity index (χ0) is 17.3. The first-order chi connectivity index (χ1) is 11.5. The number of anilines is 1. The van der Waals surface area contributed by atoms with E-state index in [1.165, 1.54) is 0 Å². The lowest BCUT2D eigenvalue weighted by Gasteiger charge is -2.16. The predicted molar refractivity (Wildman–Crippen MR) is 94.1 cm³/mol. The highest BCUT2D eigenvalue weighted by molar-refractivity contribution is 6.31. The first-order valence-corrected chi connectivity index (χ1v) is 8.50. The van der Waals surface area contributed by atoms with Crippen molar-refractivity contribution in [3.05, 3.63) is 51.4 Å². The number of hydrogen-bond acceptors (Lipinski definition) is 4. The summed E-state index contributed by atoms with van der Waals surface area (Å²) in [5.74, 6) is -0.325. The Morgan fingerprint density at radius 3 is 2.71 bits per heavy atom. The smallest absolute Gasteiger partial charge is 0.374 e. The fourth-order valence-electron chi connectivity index (χ4n) is 2.77. The summed E-state index contributed by atoms with van der Waals surface area (Å²) in [4.78, 5) is 19.9. The summed E-state index contributed by atoms with van der Waals surface area (Å²) in [5, 5.41) is 13.2. The van der Waals surface area contributed by atoms with Gasteiger partial charge in [-0.05, 0) is 43.9 Å². The minimum absolute atomic E-state index is 0.147. The first-order valence-electron chi connectivity index (χ1n) is 8.12. The van der Waals surface area contributed by atoms with Crippen LogP contribution in [0.4, 0.5) is 5.82 Å². The van der Waals surface area contributed by atoms with Gasteiger partial charge in [-0.25, -0.2) is 14.8 Å². The van der Waals surface area contributed by atoms with Crippen LogP contribution >= 0.6 is 11.6 Å². The Balaban J connectivity index is 2.08. The molecule has 3 rings (SSSR count). The van der Waals surface area contributed by atoms with Crippen LogP contribution < -0.4 is 5.32 Å². The molecule has 1 aliphatic rings. The maximum absolute atomic E-state index is 11.3. The maximum atomic E-state index is 11.3. The van der Waals surface area contributed by atoms with Crippen LogP contribution in [0, 0.1) is 6.92 Å². The van der Waals surface area contributed by atoms with Crippen LogP contribution in [0.25, 0.3) is 0 Å². The SMILES string of the molecule is CCNc1nc(C(=O)O)nc(C2CC2)c1Cc1ccc(C)cc1Cl. The number of carboxylic acids is 1. The van der Waals surface area contributed by atoms with Gasteiger partial charge >= 0.3 is 5.97 Å². The standard InChI is InChI=1S/C18H20ClN3O2/c1-3-20-16-13(9-12-5-4-10(2)8-14(12)19)15(11-6-7-11)21-17(22-16)18(23)24/h4-5,8,11H,3,6-7,9H2,1-2H3,(H,23,24)(H,20,21,22). The van der Waals surface area contributed by atoms with Gasteiger partial charge in [0.25, 0.3) is 0 Å². The van der Waals surface area contributed by atoms with E-state index in [4.69, 9.17) is 11.6 Å². The lowest BCUT2D eigenvalue weighted by molar-refractivity contribution is 0.0683. The Hall–Kier alpha value is -2.14. The third-order valence-electron chi connectivity index (χ3n) is 4.11. The van der Waals surface area contributed by atoms with E-state index < -0.39 is 5.97 Å². The van der Waals surface area contributed by atoms with Gasteiger partial charge in [0.05, 0.1) is 5.69 Å². The molecule has 0 unspecified atom stereocenters. The summed E-state index contributed by atoms with van der Waals surface area (Å²) in [7, 11) is 0. The molecule has 0 aliphatic heterocycles. The van der Waals surface area contributed by atoms with Crippen LogP contribution in [0.3, 0.4) is 0 Å². The van der Waals surface area contributed by atoms with Crippen LogP contribution in [-0.4, -0.2) is 27.6 Å². The Kier molecular flexibility index (Phi) is 4.71. The summed E-state index contributed by atoms with van der Waals surface area (Å²) in [6, 6.07) is 5.97. The van der Waals surface area contributed by atoms with E-state index >= 15 is 0 Å². The molecule has 1 fully saturated rings. The number of hydrogen-bond donors (Lipinski definition) is 2. The number of rotatable bonds is 6. The molecule has 2 aromatic rings. The van der Waals surface area contributed by atoms with Crippen LogP contribution in [0.15, 0.2) is 18.2 Å². The number of halogens is 1. The summed E-state index contributed by atoms with van der Waals surface area (Å²) in [6.45, 7) is 4.62. The normalized spacial score (nSPS) is 13.8. The average Bonchev–Trinajstić information content (AvgIpc) is 3.35. The zero-order valence-corrected chi connectivity index (χ0v) is 14.5. The van der Waals surface area contributed by atoms with Crippen molar-refractivity contribution in [3.8, 4) is 0 Å². The molecule has 1 heterocycles. The minimum atomic E-state index is -1.10. The first kappa shape index (κ1) is 16.7. The molecule has 2 N–H and O–H groups in total. The number of aromatic carboxylic acids is 1. The summed E-state index contributed by atoms with van der Waals surface area (Å²) >= 11 is 6.38. The van der Waals surface area contributed by atoms with Gasteiger partial charge in [-0.3, -0.25) is 0 Å². The number of carbonyl (C=O) groups is 1. The van der Waals surface area contributed by atoms with Gasteiger partial charge in [-0.15, -0.1) is 0 Å². The lowest BCUT2D eigenvalue weighted by atomic mass is 10.0. The Labute approximate surface area is 146 Å². The van der Waals surface area contributed by atoms with Gasteiger partial charge in [0, 0.05) is 29.5 Å². The molecule has 0 saturated heterocycles. The minimum Gasteiger partial charge on any atom is -0.475 e. The number of nitrogens with one attached hydrogen (secondary N) is 1. The largest absolute Gasteiger partial charge is 0.475 e. The Morgan fingerprint density at radius 1 is 1.38 bits per heavy atom. The molecule has 1 aromatic heterocycles. The molecule has 1 saturated carbocycles. The van der Waals surface area contributed by atoms with Crippen LogP contribution in [0.5, 0.6) is 0 Å². The van der Waals surface area contributed by atoms with Gasteiger partial charge < -0.3 is 10.4 Å². The highest BCUT2D eigenvalue weighted by Crippen LogP contribution is 2.42. The van der Waals surface area contributed by atoms with Gasteiger partial charge in [0.15, 0.2) is 0 Å². The quantitative estimate of drug-likeness (QED) is 0.826. The molecular weight excluding hydrogens is 326 g/mol. The summed E-state index contributed by atoms with van der Waals surface area (Å²) < 4.78 is 0. The summed E-state index contributed by atoms with van der Waals surface area (Å²) in [5.41, 5.74) is 3.90. The molecule has 0 spiro atoms. The second-order valence-electron chi connectivity index (χ2n) is 6.14. The van der Waals surface area contributed by atoms with E-state index in [1.54, 1.807) is 0 Å². The molecule has 24 heavy (non-hydrogen) atoms. The third kappa shape index (κ3) is 3.51. The van der Waals surface area contributed by atoms with Crippen LogP contribution in [-0.2, 0) is 6.42 Å². The van der Waals surface area contributed by atoms with E-state index in [1.807, 2.05) is 32.0 Å². The van der Waals surface area contributed by atoms with Crippen molar-refractivity contribution >= 4 is 23.4 Å². The molecular formula is C18H20ClN3O2. The molecule has 5 nitrogen and oxygen atoms in total. The van der Waals surface area contributed by atoms with Crippen molar-refractivity contribution in [3.63, 3.8) is 0 Å². The van der Waals surface area contributed by atoms with Crippen LogP contribution in [0.1, 0.15) is 58.7 Å². The molecule has 0 radical (unpaired) electrons. The van der Waals surface area contributed by atoms with Gasteiger partial charge in [-0.2, -0.15) is 0 Å². The van der Waals surface area contributed by atoms with Crippen molar-refractivity contribution in [2.24, 2.45) is 0 Å². The summed E-state index contributed by atoms with van der Waals surface area (Å²) in [6.07, 6.45) is 2.67. The van der Waals surface area contributed by atoms with Crippen LogP contribution in [0.2, 0.25) is 5.02 Å². The molecule has 0 amide bonds. The fourth-order valence-corrected chi connectivity index (χ4v) is 3.07. The number of carboxylic acid groups (broad SMARTS) is 1. The Bertz CT molecular complexity index is 788. The Morgan fingerprint density at radius 2 is 2.12 bits per heavy atom. The van der Waals surface area contributed by atoms with Crippen molar-refractivity contribution < 1.29 is 9.90 Å². The van der Waals surface area contributed by atoms with Gasteiger partial charge in [-0.1, -0.05) is 23.7 Å². The second kappa shape index (κ2) is 6.77. The second-order valence-corrected chi connectivity index (χ2v) is 6.55. The molecule has 126 valence electrons. The fraction of sp³-hybridized carbons (Fsp3) is 0.389. The average molecular weight is 346 g/mol. The molecule has 0 bridgehead atoms. The van der Waals surface area contributed by atoms with Gasteiger partial charge in [0.2, 0.25) is 5.82 Å². The van der Waals surface area contributed by atoms with E-state index in [-0.39, 0.29) is 5.82 Å². The molecule has 0 atom stereocenters.